The summed E-state index contributed by atoms with van der Waals surface area (Å²) in [7, 11) is 0. The van der Waals surface area contributed by atoms with E-state index in [1.807, 2.05) is 72.8 Å². The standard InChI is InChI=1S/C31H33NO3/c33-29(19-11-10-14-26-12-4-1-5-13-26)31(24-27-15-6-2-7-16-27)20-22-32(23-21-31)30(34)35-25-28-17-8-3-9-18-28/h1-9,11-13,15-19H,10,14,20-25H2/b19-11+. The Morgan fingerprint density at radius 3 is 1.91 bits per heavy atom. The van der Waals surface area contributed by atoms with Crippen LogP contribution in [0.25, 0.3) is 0 Å². The monoisotopic (exact) mass is 467 g/mol. The first-order valence-electron chi connectivity index (χ1n) is 12.4. The molecule has 4 nitrogen and oxygen atoms in total. The maximum atomic E-state index is 13.5. The molecule has 1 fully saturated rings. The van der Waals surface area contributed by atoms with Crippen molar-refractivity contribution in [1.82, 2.24) is 4.90 Å². The van der Waals surface area contributed by atoms with Gasteiger partial charge in [0.2, 0.25) is 0 Å². The third-order valence-corrected chi connectivity index (χ3v) is 6.80. The zero-order valence-electron chi connectivity index (χ0n) is 20.1. The number of benzene rings is 3. The van der Waals surface area contributed by atoms with Gasteiger partial charge in [-0.15, -0.1) is 0 Å². The number of aryl methyl sites for hydroxylation is 1. The van der Waals surface area contributed by atoms with Gasteiger partial charge in [-0.1, -0.05) is 97.1 Å². The number of ketones is 1. The van der Waals surface area contributed by atoms with E-state index < -0.39 is 5.41 Å². The Hall–Kier alpha value is -3.66. The highest BCUT2D eigenvalue weighted by Gasteiger charge is 2.41. The summed E-state index contributed by atoms with van der Waals surface area (Å²) >= 11 is 0. The number of hydrogen-bond acceptors (Lipinski definition) is 3. The minimum atomic E-state index is -0.499. The van der Waals surface area contributed by atoms with E-state index in [1.165, 1.54) is 5.56 Å². The van der Waals surface area contributed by atoms with Crippen LogP contribution in [0.3, 0.4) is 0 Å². The second-order valence-corrected chi connectivity index (χ2v) is 9.26. The summed E-state index contributed by atoms with van der Waals surface area (Å²) in [5.41, 5.74) is 2.89. The molecule has 3 aromatic rings. The van der Waals surface area contributed by atoms with Gasteiger partial charge >= 0.3 is 6.09 Å². The molecule has 0 unspecified atom stereocenters. The average Bonchev–Trinajstić information content (AvgIpc) is 2.92. The number of amides is 1. The fraction of sp³-hybridized carbons (Fsp3) is 0.290. The molecule has 180 valence electrons. The van der Waals surface area contributed by atoms with Gasteiger partial charge in [-0.3, -0.25) is 4.79 Å². The molecule has 0 saturated carbocycles. The number of ether oxygens (including phenoxy) is 1. The van der Waals surface area contributed by atoms with E-state index in [9.17, 15) is 9.59 Å². The summed E-state index contributed by atoms with van der Waals surface area (Å²) in [6.45, 7) is 1.29. The molecule has 0 bridgehead atoms. The second-order valence-electron chi connectivity index (χ2n) is 9.26. The quantitative estimate of drug-likeness (QED) is 0.342. The minimum absolute atomic E-state index is 0.159. The van der Waals surface area contributed by atoms with Crippen LogP contribution >= 0.6 is 0 Å². The minimum Gasteiger partial charge on any atom is -0.445 e. The number of carbonyl (C=O) groups excluding carboxylic acids is 2. The smallest absolute Gasteiger partial charge is 0.410 e. The Balaban J connectivity index is 1.38. The third-order valence-electron chi connectivity index (χ3n) is 6.80. The zero-order chi connectivity index (χ0) is 24.3. The predicted molar refractivity (Wildman–Crippen MR) is 139 cm³/mol. The van der Waals surface area contributed by atoms with Gasteiger partial charge in [-0.05, 0) is 54.9 Å². The van der Waals surface area contributed by atoms with Gasteiger partial charge in [-0.25, -0.2) is 4.79 Å². The maximum Gasteiger partial charge on any atom is 0.410 e. The molecule has 4 heteroatoms. The van der Waals surface area contributed by atoms with Gasteiger partial charge in [0.05, 0.1) is 0 Å². The number of rotatable bonds is 9. The van der Waals surface area contributed by atoms with Gasteiger partial charge in [0.1, 0.15) is 6.61 Å². The van der Waals surface area contributed by atoms with Crippen LogP contribution in [0.15, 0.2) is 103 Å². The van der Waals surface area contributed by atoms with Crippen molar-refractivity contribution in [1.29, 1.82) is 0 Å². The summed E-state index contributed by atoms with van der Waals surface area (Å²) in [5, 5.41) is 0. The maximum absolute atomic E-state index is 13.5. The van der Waals surface area contributed by atoms with E-state index in [4.69, 9.17) is 4.74 Å². The number of piperidine rings is 1. The van der Waals surface area contributed by atoms with Crippen LogP contribution < -0.4 is 0 Å². The van der Waals surface area contributed by atoms with Gasteiger partial charge in [0.15, 0.2) is 5.78 Å². The Bertz CT molecular complexity index is 1100. The Kier molecular flexibility index (Phi) is 8.50. The van der Waals surface area contributed by atoms with Crippen LogP contribution in [0.2, 0.25) is 0 Å². The van der Waals surface area contributed by atoms with Crippen molar-refractivity contribution in [2.24, 2.45) is 5.41 Å². The summed E-state index contributed by atoms with van der Waals surface area (Å²) in [4.78, 5) is 27.9. The molecule has 0 N–H and O–H groups in total. The molecule has 0 aliphatic carbocycles. The lowest BCUT2D eigenvalue weighted by Gasteiger charge is -2.40. The molecule has 0 atom stereocenters. The molecule has 1 aliphatic rings. The molecule has 0 aromatic heterocycles. The fourth-order valence-electron chi connectivity index (χ4n) is 4.69. The molecule has 1 aliphatic heterocycles. The molecule has 35 heavy (non-hydrogen) atoms. The molecule has 1 saturated heterocycles. The van der Waals surface area contributed by atoms with Crippen molar-refractivity contribution < 1.29 is 14.3 Å². The van der Waals surface area contributed by atoms with E-state index in [0.29, 0.717) is 32.4 Å². The van der Waals surface area contributed by atoms with Crippen LogP contribution in [0.1, 0.15) is 36.0 Å². The number of likely N-dealkylation sites (tertiary alicyclic amines) is 1. The lowest BCUT2D eigenvalue weighted by atomic mass is 9.70. The van der Waals surface area contributed by atoms with Crippen molar-refractivity contribution in [3.8, 4) is 0 Å². The summed E-state index contributed by atoms with van der Waals surface area (Å²) < 4.78 is 5.52. The van der Waals surface area contributed by atoms with Crippen molar-refractivity contribution in [2.75, 3.05) is 13.1 Å². The normalized spacial score (nSPS) is 15.1. The first kappa shape index (κ1) is 24.5. The van der Waals surface area contributed by atoms with Gasteiger partial charge in [0.25, 0.3) is 0 Å². The van der Waals surface area contributed by atoms with Gasteiger partial charge in [0, 0.05) is 18.5 Å². The van der Waals surface area contributed by atoms with Gasteiger partial charge in [-0.2, -0.15) is 0 Å². The summed E-state index contributed by atoms with van der Waals surface area (Å²) in [6.07, 6.45) is 7.15. The van der Waals surface area contributed by atoms with Crippen LogP contribution in [0, 0.1) is 5.41 Å². The lowest BCUT2D eigenvalue weighted by molar-refractivity contribution is -0.126. The molecular weight excluding hydrogens is 434 g/mol. The fourth-order valence-corrected chi connectivity index (χ4v) is 4.69. The Morgan fingerprint density at radius 1 is 0.771 bits per heavy atom. The second kappa shape index (κ2) is 12.2. The lowest BCUT2D eigenvalue weighted by Crippen LogP contribution is -2.47. The van der Waals surface area contributed by atoms with Crippen LogP contribution in [-0.2, 0) is 29.0 Å². The summed E-state index contributed by atoms with van der Waals surface area (Å²) in [5.74, 6) is 0.159. The number of carbonyl (C=O) groups is 2. The first-order valence-corrected chi connectivity index (χ1v) is 12.4. The molecule has 0 spiro atoms. The predicted octanol–water partition coefficient (Wildman–Crippen LogP) is 6.41. The van der Waals surface area contributed by atoms with E-state index in [0.717, 1.165) is 24.0 Å². The first-order chi connectivity index (χ1) is 17.1. The van der Waals surface area contributed by atoms with E-state index in [-0.39, 0.29) is 18.5 Å². The third kappa shape index (κ3) is 6.92. The van der Waals surface area contributed by atoms with Crippen LogP contribution in [-0.4, -0.2) is 29.9 Å². The number of nitrogens with zero attached hydrogens (tertiary/aromatic N) is 1. The van der Waals surface area contributed by atoms with Crippen molar-refractivity contribution in [3.05, 3.63) is 120 Å². The molecule has 1 heterocycles. The summed E-state index contributed by atoms with van der Waals surface area (Å²) in [6, 6.07) is 30.2. The average molecular weight is 468 g/mol. The molecule has 0 radical (unpaired) electrons. The highest BCUT2D eigenvalue weighted by atomic mass is 16.6. The highest BCUT2D eigenvalue weighted by Crippen LogP contribution is 2.37. The van der Waals surface area contributed by atoms with Gasteiger partial charge < -0.3 is 9.64 Å². The van der Waals surface area contributed by atoms with E-state index >= 15 is 0 Å². The topological polar surface area (TPSA) is 46.6 Å². The molecule has 3 aromatic carbocycles. The van der Waals surface area contributed by atoms with E-state index in [1.54, 1.807) is 11.0 Å². The number of allylic oxidation sites excluding steroid dienone is 2. The largest absolute Gasteiger partial charge is 0.445 e. The molecule has 1 amide bonds. The van der Waals surface area contributed by atoms with Crippen molar-refractivity contribution in [3.63, 3.8) is 0 Å². The molecule has 4 rings (SSSR count). The Morgan fingerprint density at radius 2 is 1.31 bits per heavy atom. The molecular formula is C31H33NO3. The zero-order valence-corrected chi connectivity index (χ0v) is 20.1. The van der Waals surface area contributed by atoms with Crippen LogP contribution in [0.4, 0.5) is 4.79 Å². The highest BCUT2D eigenvalue weighted by molar-refractivity contribution is 5.95. The van der Waals surface area contributed by atoms with Crippen molar-refractivity contribution >= 4 is 11.9 Å². The SMILES string of the molecule is O=C(OCc1ccccc1)N1CCC(Cc2ccccc2)(C(=O)/C=C/CCc2ccccc2)CC1. The van der Waals surface area contributed by atoms with Crippen molar-refractivity contribution in [2.45, 2.75) is 38.7 Å². The van der Waals surface area contributed by atoms with E-state index in [2.05, 4.69) is 24.3 Å². The Labute approximate surface area is 208 Å². The van der Waals surface area contributed by atoms with Crippen LogP contribution in [0.5, 0.6) is 0 Å². The number of hydrogen-bond donors (Lipinski definition) is 0.